The third-order valence-electron chi connectivity index (χ3n) is 2.71. The fraction of sp³-hybridized carbons (Fsp3) is 0.846. The van der Waals surface area contributed by atoms with Gasteiger partial charge in [-0.2, -0.15) is 0 Å². The molecule has 0 spiro atoms. The molecule has 1 aliphatic heterocycles. The maximum atomic E-state index is 3.64. The molecule has 2 heteroatoms. The largest absolute Gasteiger partial charge is 0.388 e. The van der Waals surface area contributed by atoms with E-state index >= 15 is 0 Å². The Morgan fingerprint density at radius 2 is 2.00 bits per heavy atom. The zero-order valence-electron chi connectivity index (χ0n) is 10.9. The van der Waals surface area contributed by atoms with Gasteiger partial charge in [0.25, 0.3) is 0 Å². The van der Waals surface area contributed by atoms with Gasteiger partial charge in [0.15, 0.2) is 0 Å². The second kappa shape index (κ2) is 4.56. The molecule has 2 N–H and O–H groups in total. The summed E-state index contributed by atoms with van der Waals surface area (Å²) in [4.78, 5) is 0. The molecule has 0 saturated carbocycles. The lowest BCUT2D eigenvalue weighted by Gasteiger charge is -2.41. The van der Waals surface area contributed by atoms with Crippen molar-refractivity contribution in [3.8, 4) is 0 Å². The van der Waals surface area contributed by atoms with Gasteiger partial charge in [0, 0.05) is 29.7 Å². The Hall–Kier alpha value is -0.500. The van der Waals surface area contributed by atoms with Crippen molar-refractivity contribution in [3.63, 3.8) is 0 Å². The molecule has 0 amide bonds. The maximum Gasteiger partial charge on any atom is 0.0331 e. The average molecular weight is 210 g/mol. The van der Waals surface area contributed by atoms with Crippen LogP contribution in [0.2, 0.25) is 0 Å². The third kappa shape index (κ3) is 4.25. The Kier molecular flexibility index (Phi) is 3.82. The van der Waals surface area contributed by atoms with Crippen LogP contribution in [0.5, 0.6) is 0 Å². The van der Waals surface area contributed by atoms with Crippen molar-refractivity contribution in [2.24, 2.45) is 0 Å². The van der Waals surface area contributed by atoms with Crippen LogP contribution in [0, 0.1) is 0 Å². The second-order valence-electron chi connectivity index (χ2n) is 5.86. The lowest BCUT2D eigenvalue weighted by Crippen LogP contribution is -2.55. The molecule has 0 aromatic carbocycles. The molecule has 0 aromatic rings. The van der Waals surface area contributed by atoms with Crippen LogP contribution in [0.4, 0.5) is 0 Å². The fourth-order valence-corrected chi connectivity index (χ4v) is 2.45. The smallest absolute Gasteiger partial charge is 0.0331 e. The highest BCUT2D eigenvalue weighted by atomic mass is 15.1. The van der Waals surface area contributed by atoms with Gasteiger partial charge in [0.1, 0.15) is 0 Å². The Morgan fingerprint density at radius 3 is 2.53 bits per heavy atom. The SMILES string of the molecule is CCCCNC1=CC(C)(C)NC(C)(C)C1. The summed E-state index contributed by atoms with van der Waals surface area (Å²) in [6.07, 6.45) is 5.94. The molecule has 0 unspecified atom stereocenters. The predicted octanol–water partition coefficient (Wildman–Crippen LogP) is 2.81. The minimum Gasteiger partial charge on any atom is -0.388 e. The summed E-state index contributed by atoms with van der Waals surface area (Å²) in [5.74, 6) is 0. The molecule has 2 nitrogen and oxygen atoms in total. The first-order valence-corrected chi connectivity index (χ1v) is 6.10. The van der Waals surface area contributed by atoms with E-state index in [1.54, 1.807) is 0 Å². The van der Waals surface area contributed by atoms with Crippen molar-refractivity contribution >= 4 is 0 Å². The minimum atomic E-state index is 0.107. The number of hydrogen-bond donors (Lipinski definition) is 2. The van der Waals surface area contributed by atoms with Crippen LogP contribution in [0.3, 0.4) is 0 Å². The fourth-order valence-electron chi connectivity index (χ4n) is 2.45. The summed E-state index contributed by atoms with van der Waals surface area (Å²) in [5, 5.41) is 7.19. The topological polar surface area (TPSA) is 24.1 Å². The lowest BCUT2D eigenvalue weighted by molar-refractivity contribution is 0.276. The standard InChI is InChI=1S/C13H26N2/c1-6-7-8-14-11-9-12(2,3)15-13(4,5)10-11/h9,14-15H,6-8,10H2,1-5H3. The number of nitrogens with one attached hydrogen (secondary N) is 2. The second-order valence-corrected chi connectivity index (χ2v) is 5.86. The van der Waals surface area contributed by atoms with Crippen molar-refractivity contribution in [1.82, 2.24) is 10.6 Å². The Balaban J connectivity index is 2.59. The molecule has 0 atom stereocenters. The number of hydrogen-bond acceptors (Lipinski definition) is 2. The van der Waals surface area contributed by atoms with Crippen molar-refractivity contribution in [2.45, 2.75) is 65.0 Å². The van der Waals surface area contributed by atoms with E-state index < -0.39 is 0 Å². The van der Waals surface area contributed by atoms with Gasteiger partial charge < -0.3 is 10.6 Å². The number of rotatable bonds is 4. The summed E-state index contributed by atoms with van der Waals surface area (Å²) in [7, 11) is 0. The minimum absolute atomic E-state index is 0.107. The molecule has 1 rings (SSSR count). The highest BCUT2D eigenvalue weighted by Gasteiger charge is 2.31. The van der Waals surface area contributed by atoms with Crippen molar-refractivity contribution in [2.75, 3.05) is 6.54 Å². The quantitative estimate of drug-likeness (QED) is 0.697. The van der Waals surface area contributed by atoms with Crippen LogP contribution in [0.25, 0.3) is 0 Å². The molecule has 0 aliphatic carbocycles. The summed E-state index contributed by atoms with van der Waals surface area (Å²) < 4.78 is 0. The zero-order chi connectivity index (χ0) is 11.5. The third-order valence-corrected chi connectivity index (χ3v) is 2.71. The molecule has 1 heterocycles. The van der Waals surface area contributed by atoms with Crippen LogP contribution in [-0.2, 0) is 0 Å². The van der Waals surface area contributed by atoms with Gasteiger partial charge in [0.2, 0.25) is 0 Å². The molecular weight excluding hydrogens is 184 g/mol. The van der Waals surface area contributed by atoms with Gasteiger partial charge in [0.05, 0.1) is 0 Å². The van der Waals surface area contributed by atoms with Gasteiger partial charge in [-0.15, -0.1) is 0 Å². The van der Waals surface area contributed by atoms with E-state index in [0.29, 0.717) is 0 Å². The van der Waals surface area contributed by atoms with Gasteiger partial charge in [-0.1, -0.05) is 13.3 Å². The molecule has 88 valence electrons. The van der Waals surface area contributed by atoms with Crippen LogP contribution in [0.15, 0.2) is 11.8 Å². The van der Waals surface area contributed by atoms with Crippen LogP contribution >= 0.6 is 0 Å². The first-order valence-electron chi connectivity index (χ1n) is 6.10. The van der Waals surface area contributed by atoms with Crippen molar-refractivity contribution in [3.05, 3.63) is 11.8 Å². The molecule has 0 saturated heterocycles. The molecule has 0 aromatic heterocycles. The number of unbranched alkanes of at least 4 members (excludes halogenated alkanes) is 1. The Labute approximate surface area is 94.5 Å². The van der Waals surface area contributed by atoms with E-state index in [2.05, 4.69) is 51.3 Å². The zero-order valence-corrected chi connectivity index (χ0v) is 10.9. The summed E-state index contributed by atoms with van der Waals surface area (Å²) >= 11 is 0. The van der Waals surface area contributed by atoms with E-state index in [1.165, 1.54) is 18.5 Å². The average Bonchev–Trinajstić information content (AvgIpc) is 1.98. The van der Waals surface area contributed by atoms with Gasteiger partial charge >= 0.3 is 0 Å². The molecule has 1 aliphatic rings. The first kappa shape index (κ1) is 12.6. The highest BCUT2D eigenvalue weighted by Crippen LogP contribution is 2.25. The highest BCUT2D eigenvalue weighted by molar-refractivity contribution is 5.19. The lowest BCUT2D eigenvalue weighted by atomic mass is 9.86. The van der Waals surface area contributed by atoms with Crippen molar-refractivity contribution < 1.29 is 0 Å². The molecule has 0 radical (unpaired) electrons. The van der Waals surface area contributed by atoms with E-state index in [9.17, 15) is 0 Å². The monoisotopic (exact) mass is 210 g/mol. The van der Waals surface area contributed by atoms with Crippen molar-refractivity contribution in [1.29, 1.82) is 0 Å². The van der Waals surface area contributed by atoms with E-state index in [0.717, 1.165) is 13.0 Å². The van der Waals surface area contributed by atoms with Crippen LogP contribution in [0.1, 0.15) is 53.9 Å². The van der Waals surface area contributed by atoms with E-state index in [4.69, 9.17) is 0 Å². The van der Waals surface area contributed by atoms with Gasteiger partial charge in [-0.05, 0) is 40.2 Å². The van der Waals surface area contributed by atoms with Gasteiger partial charge in [-0.25, -0.2) is 0 Å². The van der Waals surface area contributed by atoms with E-state index in [1.807, 2.05) is 0 Å². The Morgan fingerprint density at radius 1 is 1.33 bits per heavy atom. The summed E-state index contributed by atoms with van der Waals surface area (Å²) in [6, 6.07) is 0. The molecule has 0 fully saturated rings. The first-order chi connectivity index (χ1) is 6.85. The maximum absolute atomic E-state index is 3.64. The molecule has 0 bridgehead atoms. The van der Waals surface area contributed by atoms with Crippen LogP contribution < -0.4 is 10.6 Å². The van der Waals surface area contributed by atoms with Gasteiger partial charge in [-0.3, -0.25) is 0 Å². The van der Waals surface area contributed by atoms with E-state index in [-0.39, 0.29) is 11.1 Å². The molecule has 15 heavy (non-hydrogen) atoms. The predicted molar refractivity (Wildman–Crippen MR) is 66.9 cm³/mol. The summed E-state index contributed by atoms with van der Waals surface area (Å²) in [5.41, 5.74) is 1.71. The summed E-state index contributed by atoms with van der Waals surface area (Å²) in [6.45, 7) is 12.3. The molecular formula is C13H26N2. The normalized spacial score (nSPS) is 23.4. The van der Waals surface area contributed by atoms with Crippen LogP contribution in [-0.4, -0.2) is 17.6 Å². The Bertz CT molecular complexity index is 239.